The largest absolute Gasteiger partial charge is 0.461 e. The van der Waals surface area contributed by atoms with Crippen LogP contribution in [0, 0.1) is 13.8 Å². The van der Waals surface area contributed by atoms with E-state index in [0.717, 1.165) is 24.2 Å². The summed E-state index contributed by atoms with van der Waals surface area (Å²) in [6.07, 6.45) is 1.67. The zero-order chi connectivity index (χ0) is 13.0. The summed E-state index contributed by atoms with van der Waals surface area (Å²) >= 11 is 0. The Bertz CT molecular complexity index is 395. The fraction of sp³-hybridized carbons (Fsp3) is 0.667. The molecule has 2 N–H and O–H groups in total. The predicted molar refractivity (Wildman–Crippen MR) is 66.6 cm³/mol. The van der Waals surface area contributed by atoms with E-state index in [1.807, 2.05) is 27.7 Å². The molecule has 0 saturated heterocycles. The van der Waals surface area contributed by atoms with Crippen LogP contribution in [-0.4, -0.2) is 21.9 Å². The Balaban J connectivity index is 2.65. The van der Waals surface area contributed by atoms with E-state index in [1.165, 1.54) is 0 Å². The van der Waals surface area contributed by atoms with Crippen LogP contribution in [0.3, 0.4) is 0 Å². The first kappa shape index (κ1) is 13.5. The van der Waals surface area contributed by atoms with Crippen LogP contribution in [-0.2, 0) is 16.1 Å². The molecule has 0 saturated carbocycles. The lowest BCUT2D eigenvalue weighted by Crippen LogP contribution is -2.21. The number of hydrogen-bond donors (Lipinski definition) is 1. The number of rotatable bonds is 5. The Morgan fingerprint density at radius 2 is 2.00 bits per heavy atom. The SMILES string of the molecule is CCC(CC)OC(=O)Cn1nc(C)c(N)c1C. The molecule has 0 atom stereocenters. The lowest BCUT2D eigenvalue weighted by Gasteiger charge is -2.14. The molecule has 1 heterocycles. The van der Waals surface area contributed by atoms with Crippen molar-refractivity contribution >= 4 is 11.7 Å². The Hall–Kier alpha value is -1.52. The van der Waals surface area contributed by atoms with Gasteiger partial charge in [-0.25, -0.2) is 0 Å². The number of ether oxygens (including phenoxy) is 1. The molecule has 0 amide bonds. The molecule has 0 unspecified atom stereocenters. The molecule has 17 heavy (non-hydrogen) atoms. The van der Waals surface area contributed by atoms with Crippen LogP contribution in [0.25, 0.3) is 0 Å². The number of carbonyl (C=O) groups excluding carboxylic acids is 1. The van der Waals surface area contributed by atoms with Crippen molar-refractivity contribution in [3.63, 3.8) is 0 Å². The summed E-state index contributed by atoms with van der Waals surface area (Å²) in [7, 11) is 0. The van der Waals surface area contributed by atoms with Gasteiger partial charge in [-0.2, -0.15) is 5.10 Å². The number of carbonyl (C=O) groups is 1. The summed E-state index contributed by atoms with van der Waals surface area (Å²) in [4.78, 5) is 11.7. The van der Waals surface area contributed by atoms with E-state index >= 15 is 0 Å². The molecule has 0 spiro atoms. The Morgan fingerprint density at radius 3 is 2.41 bits per heavy atom. The highest BCUT2D eigenvalue weighted by atomic mass is 16.5. The second-order valence-corrected chi connectivity index (χ2v) is 4.17. The molecule has 0 aliphatic heterocycles. The molecular weight excluding hydrogens is 218 g/mol. The number of nitrogens with two attached hydrogens (primary N) is 1. The maximum atomic E-state index is 11.7. The van der Waals surface area contributed by atoms with Gasteiger partial charge in [0, 0.05) is 0 Å². The van der Waals surface area contributed by atoms with Crippen LogP contribution in [0.1, 0.15) is 38.1 Å². The van der Waals surface area contributed by atoms with Gasteiger partial charge in [-0.3, -0.25) is 9.48 Å². The van der Waals surface area contributed by atoms with Crippen LogP contribution >= 0.6 is 0 Å². The molecule has 0 radical (unpaired) electrons. The third-order valence-electron chi connectivity index (χ3n) is 2.93. The van der Waals surface area contributed by atoms with Crippen LogP contribution in [0.2, 0.25) is 0 Å². The van der Waals surface area contributed by atoms with Gasteiger partial charge in [-0.15, -0.1) is 0 Å². The van der Waals surface area contributed by atoms with E-state index in [9.17, 15) is 4.79 Å². The van der Waals surface area contributed by atoms with Gasteiger partial charge in [0.05, 0.1) is 17.1 Å². The monoisotopic (exact) mass is 239 g/mol. The van der Waals surface area contributed by atoms with Crippen molar-refractivity contribution in [3.05, 3.63) is 11.4 Å². The number of anilines is 1. The molecular formula is C12H21N3O2. The molecule has 96 valence electrons. The smallest absolute Gasteiger partial charge is 0.328 e. The summed E-state index contributed by atoms with van der Waals surface area (Å²) in [5.41, 5.74) is 7.99. The highest BCUT2D eigenvalue weighted by molar-refractivity contribution is 5.69. The van der Waals surface area contributed by atoms with Crippen molar-refractivity contribution < 1.29 is 9.53 Å². The molecule has 0 fully saturated rings. The second kappa shape index (κ2) is 5.70. The van der Waals surface area contributed by atoms with Crippen LogP contribution in [0.5, 0.6) is 0 Å². The zero-order valence-corrected chi connectivity index (χ0v) is 11.0. The van der Waals surface area contributed by atoms with Gasteiger partial charge in [0.1, 0.15) is 12.6 Å². The number of nitrogen functional groups attached to an aromatic ring is 1. The Morgan fingerprint density at radius 1 is 1.41 bits per heavy atom. The molecule has 0 bridgehead atoms. The van der Waals surface area contributed by atoms with Crippen molar-refractivity contribution in [2.24, 2.45) is 0 Å². The normalized spacial score (nSPS) is 10.9. The molecule has 1 rings (SSSR count). The first-order valence-corrected chi connectivity index (χ1v) is 5.98. The Labute approximate surface area is 102 Å². The molecule has 0 aliphatic carbocycles. The molecule has 0 aromatic carbocycles. The van der Waals surface area contributed by atoms with E-state index in [0.29, 0.717) is 5.69 Å². The molecule has 1 aromatic rings. The summed E-state index contributed by atoms with van der Waals surface area (Å²) < 4.78 is 6.91. The van der Waals surface area contributed by atoms with Gasteiger partial charge in [0.15, 0.2) is 0 Å². The standard InChI is InChI=1S/C12H21N3O2/c1-5-10(6-2)17-11(16)7-15-9(4)12(13)8(3)14-15/h10H,5-7,13H2,1-4H3. The number of hydrogen-bond acceptors (Lipinski definition) is 4. The van der Waals surface area contributed by atoms with E-state index in [-0.39, 0.29) is 18.6 Å². The third-order valence-corrected chi connectivity index (χ3v) is 2.93. The van der Waals surface area contributed by atoms with E-state index in [4.69, 9.17) is 10.5 Å². The lowest BCUT2D eigenvalue weighted by molar-refractivity contribution is -0.150. The van der Waals surface area contributed by atoms with Crippen LogP contribution in [0.15, 0.2) is 0 Å². The van der Waals surface area contributed by atoms with Gasteiger partial charge in [-0.1, -0.05) is 13.8 Å². The maximum absolute atomic E-state index is 11.7. The van der Waals surface area contributed by atoms with Crippen molar-refractivity contribution in [2.75, 3.05) is 5.73 Å². The summed E-state index contributed by atoms with van der Waals surface area (Å²) in [6.45, 7) is 7.80. The fourth-order valence-corrected chi connectivity index (χ4v) is 1.67. The van der Waals surface area contributed by atoms with Gasteiger partial charge >= 0.3 is 5.97 Å². The van der Waals surface area contributed by atoms with Crippen LogP contribution in [0.4, 0.5) is 5.69 Å². The van der Waals surface area contributed by atoms with Gasteiger partial charge in [-0.05, 0) is 26.7 Å². The average molecular weight is 239 g/mol. The van der Waals surface area contributed by atoms with Crippen molar-refractivity contribution in [1.29, 1.82) is 0 Å². The molecule has 0 aliphatic rings. The highest BCUT2D eigenvalue weighted by Gasteiger charge is 2.14. The minimum Gasteiger partial charge on any atom is -0.461 e. The van der Waals surface area contributed by atoms with Crippen molar-refractivity contribution in [3.8, 4) is 0 Å². The second-order valence-electron chi connectivity index (χ2n) is 4.17. The number of nitrogens with zero attached hydrogens (tertiary/aromatic N) is 2. The zero-order valence-electron chi connectivity index (χ0n) is 11.0. The minimum atomic E-state index is -0.260. The summed E-state index contributed by atoms with van der Waals surface area (Å²) in [5.74, 6) is -0.260. The summed E-state index contributed by atoms with van der Waals surface area (Å²) in [6, 6.07) is 0. The van der Waals surface area contributed by atoms with Gasteiger partial charge < -0.3 is 10.5 Å². The van der Waals surface area contributed by atoms with Crippen molar-refractivity contribution in [1.82, 2.24) is 9.78 Å². The van der Waals surface area contributed by atoms with E-state index in [2.05, 4.69) is 5.10 Å². The van der Waals surface area contributed by atoms with Crippen LogP contribution < -0.4 is 5.73 Å². The quantitative estimate of drug-likeness (QED) is 0.796. The van der Waals surface area contributed by atoms with Gasteiger partial charge in [0.25, 0.3) is 0 Å². The van der Waals surface area contributed by atoms with E-state index in [1.54, 1.807) is 4.68 Å². The third kappa shape index (κ3) is 3.22. The predicted octanol–water partition coefficient (Wildman–Crippen LogP) is 1.81. The lowest BCUT2D eigenvalue weighted by atomic mass is 10.2. The highest BCUT2D eigenvalue weighted by Crippen LogP contribution is 2.15. The Kier molecular flexibility index (Phi) is 4.54. The molecule has 5 heteroatoms. The fourth-order valence-electron chi connectivity index (χ4n) is 1.67. The first-order chi connectivity index (χ1) is 7.99. The average Bonchev–Trinajstić information content (AvgIpc) is 2.54. The molecule has 5 nitrogen and oxygen atoms in total. The number of aryl methyl sites for hydroxylation is 1. The topological polar surface area (TPSA) is 70.1 Å². The number of esters is 1. The minimum absolute atomic E-state index is 0.00295. The molecule has 1 aromatic heterocycles. The summed E-state index contributed by atoms with van der Waals surface area (Å²) in [5, 5.41) is 4.20. The number of aromatic nitrogens is 2. The van der Waals surface area contributed by atoms with Gasteiger partial charge in [0.2, 0.25) is 0 Å². The maximum Gasteiger partial charge on any atom is 0.328 e. The first-order valence-electron chi connectivity index (χ1n) is 5.98. The van der Waals surface area contributed by atoms with E-state index < -0.39 is 0 Å². The van der Waals surface area contributed by atoms with Crippen molar-refractivity contribution in [2.45, 2.75) is 53.2 Å².